The third-order valence-electron chi connectivity index (χ3n) is 9.05. The number of carbonyl (C=O) groups is 1. The lowest BCUT2D eigenvalue weighted by Crippen LogP contribution is -2.18. The lowest BCUT2D eigenvalue weighted by Gasteiger charge is -2.24. The Morgan fingerprint density at radius 1 is 0.960 bits per heavy atom. The molecule has 6 rings (SSSR count). The highest BCUT2D eigenvalue weighted by Crippen LogP contribution is 2.53. The topological polar surface area (TPSA) is 82.5 Å². The van der Waals surface area contributed by atoms with Crippen molar-refractivity contribution in [2.24, 2.45) is 5.41 Å². The van der Waals surface area contributed by atoms with E-state index in [0.29, 0.717) is 5.02 Å². The Balaban J connectivity index is 0.000000470. The van der Waals surface area contributed by atoms with Gasteiger partial charge in [0.05, 0.1) is 23.2 Å². The van der Waals surface area contributed by atoms with E-state index in [9.17, 15) is 15.0 Å². The van der Waals surface area contributed by atoms with E-state index in [1.54, 1.807) is 0 Å². The number of hydrogen-bond donors (Lipinski definition) is 3. The highest BCUT2D eigenvalue weighted by Gasteiger charge is 2.44. The number of aliphatic carboxylic acids is 1. The van der Waals surface area contributed by atoms with Crippen molar-refractivity contribution >= 4 is 52.4 Å². The van der Waals surface area contributed by atoms with E-state index >= 15 is 0 Å². The zero-order chi connectivity index (χ0) is 35.6. The molecule has 3 N–H and O–H groups in total. The predicted molar refractivity (Wildman–Crippen MR) is 210 cm³/mol. The minimum absolute atomic E-state index is 0.0814. The first kappa shape index (κ1) is 37.3. The molecule has 50 heavy (non-hydrogen) atoms. The van der Waals surface area contributed by atoms with Crippen molar-refractivity contribution in [3.63, 3.8) is 0 Å². The molecule has 5 aromatic rings. The van der Waals surface area contributed by atoms with Gasteiger partial charge in [0.25, 0.3) is 0 Å². The van der Waals surface area contributed by atoms with Crippen LogP contribution in [0, 0.1) is 5.41 Å². The van der Waals surface area contributed by atoms with Crippen molar-refractivity contribution in [2.75, 3.05) is 12.8 Å². The minimum Gasteiger partial charge on any atom is -0.481 e. The van der Waals surface area contributed by atoms with Crippen molar-refractivity contribution in [3.8, 4) is 0 Å². The van der Waals surface area contributed by atoms with Gasteiger partial charge in [-0.05, 0) is 104 Å². The molecule has 1 atom stereocenters. The number of halogens is 1. The van der Waals surface area contributed by atoms with E-state index in [0.717, 1.165) is 71.3 Å². The van der Waals surface area contributed by atoms with Crippen molar-refractivity contribution in [2.45, 2.75) is 63.3 Å². The van der Waals surface area contributed by atoms with Gasteiger partial charge >= 0.3 is 5.97 Å². The maximum atomic E-state index is 11.5. The Labute approximate surface area is 305 Å². The molecule has 7 heteroatoms. The van der Waals surface area contributed by atoms with Gasteiger partial charge in [0.1, 0.15) is 0 Å². The number of aliphatic hydroxyl groups is 1. The molecular weight excluding hydrogens is 660 g/mol. The molecule has 4 aromatic carbocycles. The molecule has 0 spiro atoms. The normalized spacial score (nSPS) is 14.3. The Kier molecular flexibility index (Phi) is 12.9. The average molecular weight is 707 g/mol. The molecule has 1 aliphatic rings. The number of benzene rings is 4. The van der Waals surface area contributed by atoms with E-state index in [2.05, 4.69) is 59.9 Å². The third-order valence-corrected chi connectivity index (χ3v) is 11.0. The van der Waals surface area contributed by atoms with E-state index < -0.39 is 11.6 Å². The number of hydrogen-bond acceptors (Lipinski definition) is 5. The van der Waals surface area contributed by atoms with Crippen molar-refractivity contribution < 1.29 is 15.0 Å². The number of aromatic nitrogens is 1. The largest absolute Gasteiger partial charge is 0.481 e. The number of carboxylic acid groups (broad SMARTS) is 1. The van der Waals surface area contributed by atoms with Crippen LogP contribution in [0.5, 0.6) is 0 Å². The standard InChI is InChI=1S/C35H36ClNO3S.C8H11N/c1-34(2,40)30-9-4-3-7-25(30)13-17-32(41-23-35(18-19-35)22-33(38)39)27-8-5-6-24(20-27)10-15-29-16-12-26-11-14-28(36)21-31(26)37-29;1-9-7-8-5-3-2-4-6-8/h3-12,14-16,20-21,32,40H,13,17-19,22-23H2,1-2H3,(H,38,39);2-6,9H,7H2,1H3/b15-10+;/t32-;/m1./s1. The summed E-state index contributed by atoms with van der Waals surface area (Å²) in [6.07, 6.45) is 8.02. The predicted octanol–water partition coefficient (Wildman–Crippen LogP) is 10.4. The smallest absolute Gasteiger partial charge is 0.303 e. The lowest BCUT2D eigenvalue weighted by atomic mass is 9.90. The quantitative estimate of drug-likeness (QED) is 0.107. The van der Waals surface area contributed by atoms with Crippen LogP contribution in [0.25, 0.3) is 23.1 Å². The number of fused-ring (bicyclic) bond motifs is 1. The molecule has 0 amide bonds. The van der Waals surface area contributed by atoms with Gasteiger partial charge in [-0.1, -0.05) is 109 Å². The molecule has 0 aliphatic heterocycles. The summed E-state index contributed by atoms with van der Waals surface area (Å²) in [5.74, 6) is 0.122. The summed E-state index contributed by atoms with van der Waals surface area (Å²) in [6.45, 7) is 4.62. The molecule has 260 valence electrons. The van der Waals surface area contributed by atoms with Crippen molar-refractivity contribution in [3.05, 3.63) is 148 Å². The average Bonchev–Trinajstić information content (AvgIpc) is 3.86. The fraction of sp³-hybridized carbons (Fsp3) is 0.302. The van der Waals surface area contributed by atoms with Crippen LogP contribution in [0.1, 0.15) is 78.3 Å². The van der Waals surface area contributed by atoms with E-state index in [4.69, 9.17) is 16.6 Å². The Bertz CT molecular complexity index is 1900. The van der Waals surface area contributed by atoms with Crippen LogP contribution in [-0.4, -0.2) is 34.0 Å². The second-order valence-electron chi connectivity index (χ2n) is 13.7. The molecule has 1 aromatic heterocycles. The van der Waals surface area contributed by atoms with Crippen LogP contribution in [-0.2, 0) is 23.4 Å². The van der Waals surface area contributed by atoms with Gasteiger partial charge in [-0.3, -0.25) is 4.79 Å². The van der Waals surface area contributed by atoms with Gasteiger partial charge < -0.3 is 15.5 Å². The maximum absolute atomic E-state index is 11.5. The minimum atomic E-state index is -0.911. The summed E-state index contributed by atoms with van der Waals surface area (Å²) in [7, 11) is 1.95. The number of carboxylic acids is 1. The lowest BCUT2D eigenvalue weighted by molar-refractivity contribution is -0.138. The van der Waals surface area contributed by atoms with Gasteiger partial charge in [-0.15, -0.1) is 0 Å². The zero-order valence-corrected chi connectivity index (χ0v) is 30.7. The Hall–Kier alpha value is -3.94. The SMILES string of the molecule is CC(C)(O)c1ccccc1CC[C@@H](SCC1(CC(=O)O)CC1)c1cccc(/C=C/c2ccc3ccc(Cl)cc3n2)c1.CNCc1ccccc1. The summed E-state index contributed by atoms with van der Waals surface area (Å²) < 4.78 is 0. The molecule has 1 heterocycles. The van der Waals surface area contributed by atoms with Gasteiger partial charge in [0, 0.05) is 28.0 Å². The van der Waals surface area contributed by atoms with Crippen LogP contribution in [0.4, 0.5) is 0 Å². The first-order valence-electron chi connectivity index (χ1n) is 17.2. The zero-order valence-electron chi connectivity index (χ0n) is 29.1. The highest BCUT2D eigenvalue weighted by molar-refractivity contribution is 7.99. The fourth-order valence-electron chi connectivity index (χ4n) is 6.16. The van der Waals surface area contributed by atoms with Gasteiger partial charge in [-0.25, -0.2) is 4.98 Å². The molecule has 0 unspecified atom stereocenters. The molecule has 0 saturated heterocycles. The first-order chi connectivity index (χ1) is 24.0. The Morgan fingerprint density at radius 3 is 2.42 bits per heavy atom. The number of thioether (sulfide) groups is 1. The van der Waals surface area contributed by atoms with Crippen LogP contribution >= 0.6 is 23.4 Å². The second-order valence-corrected chi connectivity index (χ2v) is 15.3. The van der Waals surface area contributed by atoms with E-state index in [1.807, 2.05) is 99.4 Å². The monoisotopic (exact) mass is 706 g/mol. The molecule has 1 aliphatic carbocycles. The highest BCUT2D eigenvalue weighted by atomic mass is 35.5. The summed E-state index contributed by atoms with van der Waals surface area (Å²) in [5.41, 5.74) is 6.49. The second kappa shape index (κ2) is 17.3. The number of nitrogens with one attached hydrogen (secondary N) is 1. The molecule has 0 bridgehead atoms. The van der Waals surface area contributed by atoms with Crippen LogP contribution in [0.2, 0.25) is 5.02 Å². The molecule has 5 nitrogen and oxygen atoms in total. The van der Waals surface area contributed by atoms with Crippen molar-refractivity contribution in [1.82, 2.24) is 10.3 Å². The molecule has 1 saturated carbocycles. The van der Waals surface area contributed by atoms with Gasteiger partial charge in [-0.2, -0.15) is 11.8 Å². The fourth-order valence-corrected chi connectivity index (χ4v) is 7.89. The van der Waals surface area contributed by atoms with Crippen LogP contribution < -0.4 is 5.32 Å². The molecule has 0 radical (unpaired) electrons. The number of pyridine rings is 1. The Morgan fingerprint density at radius 2 is 1.70 bits per heavy atom. The number of rotatable bonds is 14. The first-order valence-corrected chi connectivity index (χ1v) is 18.6. The third kappa shape index (κ3) is 11.0. The summed E-state index contributed by atoms with van der Waals surface area (Å²) in [5, 5.41) is 25.2. The van der Waals surface area contributed by atoms with Gasteiger partial charge in [0.2, 0.25) is 0 Å². The summed E-state index contributed by atoms with van der Waals surface area (Å²) in [4.78, 5) is 16.2. The number of nitrogens with zero attached hydrogens (tertiary/aromatic N) is 1. The number of aryl methyl sites for hydroxylation is 1. The van der Waals surface area contributed by atoms with E-state index in [1.165, 1.54) is 11.1 Å². The molecular formula is C43H47ClN2O3S. The van der Waals surface area contributed by atoms with Crippen LogP contribution in [0.15, 0.2) is 109 Å². The van der Waals surface area contributed by atoms with Gasteiger partial charge in [0.15, 0.2) is 0 Å². The molecule has 1 fully saturated rings. The van der Waals surface area contributed by atoms with Crippen molar-refractivity contribution in [1.29, 1.82) is 0 Å². The summed E-state index contributed by atoms with van der Waals surface area (Å²) in [6, 6.07) is 36.8. The summed E-state index contributed by atoms with van der Waals surface area (Å²) >= 11 is 8.04. The van der Waals surface area contributed by atoms with Crippen LogP contribution in [0.3, 0.4) is 0 Å². The van der Waals surface area contributed by atoms with E-state index in [-0.39, 0.29) is 17.1 Å². The maximum Gasteiger partial charge on any atom is 0.303 e.